The van der Waals surface area contributed by atoms with E-state index in [1.165, 1.54) is 12.3 Å². The Morgan fingerprint density at radius 2 is 1.96 bits per heavy atom. The van der Waals surface area contributed by atoms with E-state index in [4.69, 9.17) is 0 Å². The van der Waals surface area contributed by atoms with Crippen LogP contribution in [0.5, 0.6) is 0 Å². The zero-order valence-corrected chi connectivity index (χ0v) is 15.1. The number of carbonyl (C=O) groups is 1. The molecule has 2 heterocycles. The number of alkyl halides is 3. The smallest absolute Gasteiger partial charge is 0.343 e. The van der Waals surface area contributed by atoms with Crippen LogP contribution in [0.25, 0.3) is 22.3 Å². The molecule has 1 amide bonds. The summed E-state index contributed by atoms with van der Waals surface area (Å²) in [5.41, 5.74) is 2.85. The van der Waals surface area contributed by atoms with Crippen molar-refractivity contribution in [1.29, 1.82) is 0 Å². The van der Waals surface area contributed by atoms with Gasteiger partial charge in [0.2, 0.25) is 0 Å². The summed E-state index contributed by atoms with van der Waals surface area (Å²) in [4.78, 5) is 17.1. The van der Waals surface area contributed by atoms with Crippen molar-refractivity contribution in [3.05, 3.63) is 47.7 Å². The zero-order chi connectivity index (χ0) is 19.8. The molecule has 3 rings (SSSR count). The number of nitrogens with one attached hydrogen (secondary N) is 1. The predicted octanol–water partition coefficient (Wildman–Crippen LogP) is 4.28. The van der Waals surface area contributed by atoms with E-state index in [2.05, 4.69) is 10.1 Å². The number of aromatic nitrogens is 3. The van der Waals surface area contributed by atoms with Crippen LogP contribution in [-0.2, 0) is 0 Å². The number of amides is 1. The second-order valence-electron chi connectivity index (χ2n) is 6.59. The third-order valence-electron chi connectivity index (χ3n) is 4.17. The fourth-order valence-electron chi connectivity index (χ4n) is 2.86. The number of benzene rings is 1. The number of fused-ring (bicyclic) bond motifs is 1. The standard InChI is InChI=1S/C19H19F3N4O/c1-11(2)26-17-15(9-24-26)14(18(27)23-10-19(20,21)22)8-16(25-17)13-7-5-4-6-12(13)3/h4-9,11H,10H2,1-3H3,(H,23,27). The van der Waals surface area contributed by atoms with Crippen LogP contribution in [0.4, 0.5) is 13.2 Å². The molecule has 27 heavy (non-hydrogen) atoms. The molecule has 1 aromatic carbocycles. The summed E-state index contributed by atoms with van der Waals surface area (Å²) < 4.78 is 39.2. The molecule has 0 atom stereocenters. The van der Waals surface area contributed by atoms with E-state index < -0.39 is 18.6 Å². The molecule has 1 N–H and O–H groups in total. The third kappa shape index (κ3) is 3.94. The van der Waals surface area contributed by atoms with Crippen molar-refractivity contribution in [3.63, 3.8) is 0 Å². The van der Waals surface area contributed by atoms with Gasteiger partial charge in [0.25, 0.3) is 5.91 Å². The van der Waals surface area contributed by atoms with Crippen LogP contribution >= 0.6 is 0 Å². The zero-order valence-electron chi connectivity index (χ0n) is 15.1. The molecule has 0 saturated heterocycles. The Kier molecular flexibility index (Phi) is 4.91. The summed E-state index contributed by atoms with van der Waals surface area (Å²) >= 11 is 0. The Bertz CT molecular complexity index is 992. The molecular formula is C19H19F3N4O. The average molecular weight is 376 g/mol. The van der Waals surface area contributed by atoms with E-state index in [0.717, 1.165) is 11.1 Å². The molecule has 0 saturated carbocycles. The van der Waals surface area contributed by atoms with Crippen molar-refractivity contribution in [2.24, 2.45) is 0 Å². The maximum absolute atomic E-state index is 12.5. The van der Waals surface area contributed by atoms with Crippen molar-refractivity contribution in [2.45, 2.75) is 33.0 Å². The Hall–Kier alpha value is -2.90. The molecule has 0 aliphatic rings. The topological polar surface area (TPSA) is 59.8 Å². The first-order valence-electron chi connectivity index (χ1n) is 8.46. The van der Waals surface area contributed by atoms with Crippen molar-refractivity contribution in [3.8, 4) is 11.3 Å². The van der Waals surface area contributed by atoms with Crippen molar-refractivity contribution >= 4 is 16.9 Å². The van der Waals surface area contributed by atoms with E-state index in [1.54, 1.807) is 4.68 Å². The molecule has 5 nitrogen and oxygen atoms in total. The minimum atomic E-state index is -4.48. The minimum absolute atomic E-state index is 0.0202. The Balaban J connectivity index is 2.17. The monoisotopic (exact) mass is 376 g/mol. The van der Waals surface area contributed by atoms with Gasteiger partial charge in [-0.15, -0.1) is 0 Å². The summed E-state index contributed by atoms with van der Waals surface area (Å²) in [6.07, 6.45) is -3.02. The van der Waals surface area contributed by atoms with Gasteiger partial charge in [-0.25, -0.2) is 9.67 Å². The number of pyridine rings is 1. The number of nitrogens with zero attached hydrogens (tertiary/aromatic N) is 3. The highest BCUT2D eigenvalue weighted by atomic mass is 19.4. The van der Waals surface area contributed by atoms with Gasteiger partial charge < -0.3 is 5.32 Å². The second-order valence-corrected chi connectivity index (χ2v) is 6.59. The van der Waals surface area contributed by atoms with E-state index in [9.17, 15) is 18.0 Å². The highest BCUT2D eigenvalue weighted by Crippen LogP contribution is 2.28. The number of halogens is 3. The van der Waals surface area contributed by atoms with Crippen molar-refractivity contribution < 1.29 is 18.0 Å². The van der Waals surface area contributed by atoms with Crippen LogP contribution in [0.2, 0.25) is 0 Å². The first-order chi connectivity index (χ1) is 12.7. The Morgan fingerprint density at radius 3 is 2.59 bits per heavy atom. The summed E-state index contributed by atoms with van der Waals surface area (Å²) in [7, 11) is 0. The number of rotatable bonds is 4. The van der Waals surface area contributed by atoms with E-state index >= 15 is 0 Å². The van der Waals surface area contributed by atoms with Crippen LogP contribution < -0.4 is 5.32 Å². The molecular weight excluding hydrogens is 357 g/mol. The molecule has 142 valence electrons. The fraction of sp³-hybridized carbons (Fsp3) is 0.316. The quantitative estimate of drug-likeness (QED) is 0.739. The Labute approximate surface area is 154 Å². The molecule has 0 fully saturated rings. The van der Waals surface area contributed by atoms with Gasteiger partial charge in [0.1, 0.15) is 6.54 Å². The maximum atomic E-state index is 12.5. The lowest BCUT2D eigenvalue weighted by Crippen LogP contribution is -2.33. The average Bonchev–Trinajstić information content (AvgIpc) is 3.02. The number of carbonyl (C=O) groups excluding carboxylic acids is 1. The normalized spacial score (nSPS) is 12.0. The largest absolute Gasteiger partial charge is 0.405 e. The van der Waals surface area contributed by atoms with Gasteiger partial charge in [0.05, 0.1) is 22.8 Å². The van der Waals surface area contributed by atoms with Gasteiger partial charge in [-0.05, 0) is 32.4 Å². The molecule has 0 aliphatic heterocycles. The van der Waals surface area contributed by atoms with Crippen LogP contribution in [0, 0.1) is 6.92 Å². The van der Waals surface area contributed by atoms with Gasteiger partial charge in [-0.2, -0.15) is 18.3 Å². The highest BCUT2D eigenvalue weighted by Gasteiger charge is 2.29. The van der Waals surface area contributed by atoms with Gasteiger partial charge >= 0.3 is 6.18 Å². The molecule has 0 unspecified atom stereocenters. The summed E-state index contributed by atoms with van der Waals surface area (Å²) in [6.45, 7) is 4.34. The first kappa shape index (κ1) is 18.9. The predicted molar refractivity (Wildman–Crippen MR) is 96.5 cm³/mol. The van der Waals surface area contributed by atoms with Crippen molar-refractivity contribution in [2.75, 3.05) is 6.54 Å². The molecule has 0 aliphatic carbocycles. The third-order valence-corrected chi connectivity index (χ3v) is 4.17. The summed E-state index contributed by atoms with van der Waals surface area (Å²) in [6, 6.07) is 8.99. The maximum Gasteiger partial charge on any atom is 0.405 e. The molecule has 0 spiro atoms. The van der Waals surface area contributed by atoms with Crippen LogP contribution in [-0.4, -0.2) is 33.4 Å². The van der Waals surface area contributed by atoms with Gasteiger partial charge in [-0.1, -0.05) is 24.3 Å². The molecule has 8 heteroatoms. The second kappa shape index (κ2) is 7.02. The molecule has 0 radical (unpaired) electrons. The summed E-state index contributed by atoms with van der Waals surface area (Å²) in [5.74, 6) is -0.808. The van der Waals surface area contributed by atoms with Gasteiger partial charge in [-0.3, -0.25) is 4.79 Å². The molecule has 0 bridgehead atoms. The Morgan fingerprint density at radius 1 is 1.26 bits per heavy atom. The molecule has 3 aromatic rings. The van der Waals surface area contributed by atoms with Gasteiger partial charge in [0, 0.05) is 11.6 Å². The first-order valence-corrected chi connectivity index (χ1v) is 8.46. The van der Waals surface area contributed by atoms with Crippen LogP contribution in [0.1, 0.15) is 35.8 Å². The fourth-order valence-corrected chi connectivity index (χ4v) is 2.86. The SMILES string of the molecule is Cc1ccccc1-c1cc(C(=O)NCC(F)(F)F)c2cnn(C(C)C)c2n1. The van der Waals surface area contributed by atoms with E-state index in [0.29, 0.717) is 16.7 Å². The van der Waals surface area contributed by atoms with Gasteiger partial charge in [0.15, 0.2) is 5.65 Å². The lowest BCUT2D eigenvalue weighted by atomic mass is 10.0. The number of aryl methyl sites for hydroxylation is 1. The highest BCUT2D eigenvalue weighted by molar-refractivity contribution is 6.06. The lowest BCUT2D eigenvalue weighted by molar-refractivity contribution is -0.123. The van der Waals surface area contributed by atoms with Crippen LogP contribution in [0.3, 0.4) is 0 Å². The number of hydrogen-bond acceptors (Lipinski definition) is 3. The summed E-state index contributed by atoms with van der Waals surface area (Å²) in [5, 5.41) is 6.61. The van der Waals surface area contributed by atoms with E-state index in [1.807, 2.05) is 50.4 Å². The molecule has 2 aromatic heterocycles. The lowest BCUT2D eigenvalue weighted by Gasteiger charge is -2.13. The van der Waals surface area contributed by atoms with Crippen LogP contribution in [0.15, 0.2) is 36.5 Å². The minimum Gasteiger partial charge on any atom is -0.343 e. The van der Waals surface area contributed by atoms with Crippen molar-refractivity contribution in [1.82, 2.24) is 20.1 Å². The van der Waals surface area contributed by atoms with E-state index in [-0.39, 0.29) is 11.6 Å². The number of hydrogen-bond donors (Lipinski definition) is 1.